The van der Waals surface area contributed by atoms with Crippen LogP contribution >= 0.6 is 0 Å². The van der Waals surface area contributed by atoms with Crippen LogP contribution in [-0.4, -0.2) is 21.2 Å². The van der Waals surface area contributed by atoms with Gasteiger partial charge in [0.2, 0.25) is 5.56 Å². The van der Waals surface area contributed by atoms with Crippen LogP contribution in [0.25, 0.3) is 17.0 Å². The van der Waals surface area contributed by atoms with Gasteiger partial charge < -0.3 is 15.2 Å². The molecule has 0 atom stereocenters. The lowest BCUT2D eigenvalue weighted by Gasteiger charge is -1.97. The molecule has 0 fully saturated rings. The molecule has 5 heteroatoms. The number of benzene rings is 2. The van der Waals surface area contributed by atoms with Crippen LogP contribution in [0.5, 0.6) is 5.75 Å². The van der Waals surface area contributed by atoms with Crippen molar-refractivity contribution >= 4 is 22.9 Å². The van der Waals surface area contributed by atoms with Gasteiger partial charge in [-0.25, -0.2) is 4.79 Å². The van der Waals surface area contributed by atoms with Gasteiger partial charge in [-0.3, -0.25) is 4.79 Å². The first-order chi connectivity index (χ1) is 11.5. The van der Waals surface area contributed by atoms with E-state index in [0.717, 1.165) is 17.0 Å². The molecule has 24 heavy (non-hydrogen) atoms. The molecule has 0 amide bonds. The highest BCUT2D eigenvalue weighted by Gasteiger charge is 1.97. The Bertz CT molecular complexity index is 924. The second kappa shape index (κ2) is 7.78. The summed E-state index contributed by atoms with van der Waals surface area (Å²) in [4.78, 5) is 23.6. The maximum Gasteiger partial charge on any atom is 0.328 e. The largest absolute Gasteiger partial charge is 0.506 e. The van der Waals surface area contributed by atoms with Gasteiger partial charge in [-0.05, 0) is 30.7 Å². The van der Waals surface area contributed by atoms with E-state index in [4.69, 9.17) is 5.11 Å². The monoisotopic (exact) mass is 323 g/mol. The highest BCUT2D eigenvalue weighted by Crippen LogP contribution is 2.19. The lowest BCUT2D eigenvalue weighted by Crippen LogP contribution is -2.01. The van der Waals surface area contributed by atoms with Crippen molar-refractivity contribution in [1.29, 1.82) is 0 Å². The van der Waals surface area contributed by atoms with Gasteiger partial charge in [-0.1, -0.05) is 42.0 Å². The summed E-state index contributed by atoms with van der Waals surface area (Å²) in [6.07, 6.45) is 2.70. The molecule has 2 aromatic carbocycles. The van der Waals surface area contributed by atoms with E-state index in [0.29, 0.717) is 5.52 Å². The molecule has 122 valence electrons. The minimum Gasteiger partial charge on any atom is -0.506 e. The zero-order chi connectivity index (χ0) is 17.5. The number of carbonyl (C=O) groups is 1. The molecule has 3 aromatic rings. The number of pyridine rings is 1. The SMILES string of the molecule is Cc1ccc(C=CC(=O)O)cc1.O=c1ccc2cccc(O)c2[nH]1. The molecule has 0 spiro atoms. The number of aryl methyl sites for hydroxylation is 1. The average molecular weight is 323 g/mol. The lowest BCUT2D eigenvalue weighted by molar-refractivity contribution is -0.131. The number of aromatic hydroxyl groups is 1. The van der Waals surface area contributed by atoms with Crippen molar-refractivity contribution in [2.24, 2.45) is 0 Å². The number of phenolic OH excluding ortho intramolecular Hbond substituents is 1. The van der Waals surface area contributed by atoms with E-state index < -0.39 is 5.97 Å². The number of aliphatic carboxylic acids is 1. The third kappa shape index (κ3) is 4.84. The third-order valence-electron chi connectivity index (χ3n) is 3.23. The highest BCUT2D eigenvalue weighted by atomic mass is 16.4. The molecule has 3 N–H and O–H groups in total. The van der Waals surface area contributed by atoms with E-state index >= 15 is 0 Å². The van der Waals surface area contributed by atoms with Gasteiger partial charge in [0, 0.05) is 17.5 Å². The van der Waals surface area contributed by atoms with E-state index in [1.165, 1.54) is 17.7 Å². The maximum atomic E-state index is 10.9. The zero-order valence-corrected chi connectivity index (χ0v) is 13.1. The van der Waals surface area contributed by atoms with Gasteiger partial charge in [0.25, 0.3) is 0 Å². The Morgan fingerprint density at radius 1 is 1.04 bits per heavy atom. The van der Waals surface area contributed by atoms with E-state index in [2.05, 4.69) is 4.98 Å². The molecule has 0 aliphatic heterocycles. The Balaban J connectivity index is 0.000000174. The standard InChI is InChI=1S/C10H10O2.C9H7NO2/c1-8-2-4-9(5-3-8)6-7-10(11)12;11-7-3-1-2-6-4-5-8(12)10-9(6)7/h2-7H,1H3,(H,11,12);1-5,11H,(H,10,12). The average Bonchev–Trinajstić information content (AvgIpc) is 2.56. The molecular formula is C19H17NO4. The third-order valence-corrected chi connectivity index (χ3v) is 3.23. The van der Waals surface area contributed by atoms with E-state index in [1.807, 2.05) is 37.3 Å². The van der Waals surface area contributed by atoms with Crippen LogP contribution in [-0.2, 0) is 4.79 Å². The second-order valence-electron chi connectivity index (χ2n) is 5.15. The molecule has 1 aromatic heterocycles. The van der Waals surface area contributed by atoms with Crippen LogP contribution in [0.1, 0.15) is 11.1 Å². The molecule has 0 saturated heterocycles. The number of aromatic amines is 1. The number of hydrogen-bond donors (Lipinski definition) is 3. The summed E-state index contributed by atoms with van der Waals surface area (Å²) >= 11 is 0. The summed E-state index contributed by atoms with van der Waals surface area (Å²) in [6.45, 7) is 1.99. The lowest BCUT2D eigenvalue weighted by atomic mass is 10.1. The number of fused-ring (bicyclic) bond motifs is 1. The minimum atomic E-state index is -0.921. The van der Waals surface area contributed by atoms with Gasteiger partial charge in [0.1, 0.15) is 5.75 Å². The van der Waals surface area contributed by atoms with Gasteiger partial charge in [0.05, 0.1) is 5.52 Å². The van der Waals surface area contributed by atoms with Gasteiger partial charge in [-0.2, -0.15) is 0 Å². The number of carboxylic acid groups (broad SMARTS) is 1. The quantitative estimate of drug-likeness (QED) is 0.631. The Labute approximate surface area is 138 Å². The minimum absolute atomic E-state index is 0.102. The summed E-state index contributed by atoms with van der Waals surface area (Å²) in [5, 5.41) is 18.5. The summed E-state index contributed by atoms with van der Waals surface area (Å²) in [7, 11) is 0. The molecule has 0 radical (unpaired) electrons. The number of carboxylic acids is 1. The van der Waals surface area contributed by atoms with E-state index in [-0.39, 0.29) is 11.3 Å². The van der Waals surface area contributed by atoms with Crippen molar-refractivity contribution in [2.45, 2.75) is 6.92 Å². The van der Waals surface area contributed by atoms with Crippen LogP contribution in [0.4, 0.5) is 0 Å². The Morgan fingerprint density at radius 2 is 1.75 bits per heavy atom. The molecule has 0 aliphatic rings. The molecular weight excluding hydrogens is 306 g/mol. The van der Waals surface area contributed by atoms with E-state index in [1.54, 1.807) is 18.2 Å². The number of nitrogens with one attached hydrogen (secondary N) is 1. The van der Waals surface area contributed by atoms with Crippen LogP contribution < -0.4 is 5.56 Å². The molecule has 0 aliphatic carbocycles. The Morgan fingerprint density at radius 3 is 2.42 bits per heavy atom. The predicted molar refractivity (Wildman–Crippen MR) is 94.1 cm³/mol. The summed E-state index contributed by atoms with van der Waals surface area (Å²) in [6, 6.07) is 15.9. The molecule has 1 heterocycles. The summed E-state index contributed by atoms with van der Waals surface area (Å²) in [5.74, 6) is -0.819. The number of H-pyrrole nitrogens is 1. The predicted octanol–water partition coefficient (Wildman–Crippen LogP) is 3.33. The fourth-order valence-corrected chi connectivity index (χ4v) is 2.01. The van der Waals surface area contributed by atoms with Crippen molar-refractivity contribution < 1.29 is 15.0 Å². The van der Waals surface area contributed by atoms with Crippen molar-refractivity contribution in [1.82, 2.24) is 4.98 Å². The van der Waals surface area contributed by atoms with Crippen molar-refractivity contribution in [3.05, 3.63) is 82.2 Å². The molecule has 0 unspecified atom stereocenters. The van der Waals surface area contributed by atoms with E-state index in [9.17, 15) is 14.7 Å². The number of phenols is 1. The summed E-state index contributed by atoms with van der Waals surface area (Å²) in [5.41, 5.74) is 2.36. The fraction of sp³-hybridized carbons (Fsp3) is 0.0526. The smallest absolute Gasteiger partial charge is 0.328 e. The number of para-hydroxylation sites is 1. The fourth-order valence-electron chi connectivity index (χ4n) is 2.01. The molecule has 0 saturated carbocycles. The van der Waals surface area contributed by atoms with Crippen LogP contribution in [0.15, 0.2) is 65.5 Å². The van der Waals surface area contributed by atoms with Gasteiger partial charge in [0.15, 0.2) is 0 Å². The molecule has 5 nitrogen and oxygen atoms in total. The first-order valence-electron chi connectivity index (χ1n) is 7.24. The zero-order valence-electron chi connectivity index (χ0n) is 13.1. The Hall–Kier alpha value is -3.34. The van der Waals surface area contributed by atoms with Gasteiger partial charge >= 0.3 is 5.97 Å². The molecule has 0 bridgehead atoms. The van der Waals surface area contributed by atoms with Crippen LogP contribution in [0, 0.1) is 6.92 Å². The second-order valence-corrected chi connectivity index (χ2v) is 5.15. The molecule has 3 rings (SSSR count). The number of hydrogen-bond acceptors (Lipinski definition) is 3. The summed E-state index contributed by atoms with van der Waals surface area (Å²) < 4.78 is 0. The van der Waals surface area contributed by atoms with Crippen LogP contribution in [0.3, 0.4) is 0 Å². The number of rotatable bonds is 2. The first kappa shape index (κ1) is 17.0. The van der Waals surface area contributed by atoms with Gasteiger partial charge in [-0.15, -0.1) is 0 Å². The highest BCUT2D eigenvalue weighted by molar-refractivity contribution is 5.85. The maximum absolute atomic E-state index is 10.9. The van der Waals surface area contributed by atoms with Crippen molar-refractivity contribution in [3.8, 4) is 5.75 Å². The number of aromatic nitrogens is 1. The topological polar surface area (TPSA) is 90.4 Å². The van der Waals surface area contributed by atoms with Crippen LogP contribution in [0.2, 0.25) is 0 Å². The van der Waals surface area contributed by atoms with Crippen molar-refractivity contribution in [3.63, 3.8) is 0 Å². The van der Waals surface area contributed by atoms with Crippen molar-refractivity contribution in [2.75, 3.05) is 0 Å². The normalized spacial score (nSPS) is 10.4. The first-order valence-corrected chi connectivity index (χ1v) is 7.24. The Kier molecular flexibility index (Phi) is 5.52.